The van der Waals surface area contributed by atoms with Crippen LogP contribution in [0.25, 0.3) is 16.8 Å². The normalized spacial score (nSPS) is 11.1. The van der Waals surface area contributed by atoms with E-state index in [4.69, 9.17) is 15.1 Å². The number of hydrogen-bond acceptors (Lipinski definition) is 5. The first kappa shape index (κ1) is 23.4. The van der Waals surface area contributed by atoms with Gasteiger partial charge in [0.1, 0.15) is 5.82 Å². The van der Waals surface area contributed by atoms with Gasteiger partial charge in [0.15, 0.2) is 5.82 Å². The van der Waals surface area contributed by atoms with E-state index >= 15 is 0 Å². The molecular weight excluding hydrogens is 418 g/mol. The summed E-state index contributed by atoms with van der Waals surface area (Å²) in [5.41, 5.74) is 4.80. The van der Waals surface area contributed by atoms with Gasteiger partial charge in [-0.15, -0.1) is 17.9 Å². The smallest absolute Gasteiger partial charge is 0.307 e. The summed E-state index contributed by atoms with van der Waals surface area (Å²) in [5, 5.41) is 14.5. The molecule has 0 saturated heterocycles. The van der Waals surface area contributed by atoms with Crippen LogP contribution >= 0.6 is 11.3 Å². The van der Waals surface area contributed by atoms with Crippen LogP contribution < -0.4 is 5.32 Å². The molecule has 0 aliphatic rings. The van der Waals surface area contributed by atoms with Gasteiger partial charge in [-0.2, -0.15) is 0 Å². The molecule has 0 bridgehead atoms. The first-order valence-electron chi connectivity index (χ1n) is 10.9. The molecule has 1 aromatic carbocycles. The average Bonchev–Trinajstić information content (AvgIpc) is 3.25. The fourth-order valence-corrected chi connectivity index (χ4v) is 4.16. The summed E-state index contributed by atoms with van der Waals surface area (Å²) < 4.78 is 0. The number of aromatic nitrogens is 2. The second kappa shape index (κ2) is 11.4. The highest BCUT2D eigenvalue weighted by Gasteiger charge is 2.15. The maximum absolute atomic E-state index is 10.9. The summed E-state index contributed by atoms with van der Waals surface area (Å²) in [4.78, 5) is 21.7. The van der Waals surface area contributed by atoms with Crippen LogP contribution in [-0.4, -0.2) is 21.0 Å². The number of unbranched alkanes of at least 4 members (excludes halogenated alkanes) is 1. The molecule has 0 fully saturated rings. The van der Waals surface area contributed by atoms with Gasteiger partial charge >= 0.3 is 5.97 Å². The van der Waals surface area contributed by atoms with E-state index in [1.165, 1.54) is 5.56 Å². The molecule has 5 nitrogen and oxygen atoms in total. The maximum Gasteiger partial charge on any atom is 0.307 e. The van der Waals surface area contributed by atoms with Gasteiger partial charge in [-0.1, -0.05) is 50.6 Å². The molecule has 0 spiro atoms. The van der Waals surface area contributed by atoms with Gasteiger partial charge in [0.05, 0.1) is 11.3 Å². The topological polar surface area (TPSA) is 75.1 Å². The minimum Gasteiger partial charge on any atom is -0.481 e. The molecule has 0 aliphatic heterocycles. The predicted octanol–water partition coefficient (Wildman–Crippen LogP) is 6.68. The minimum absolute atomic E-state index is 0.00699. The third-order valence-electron chi connectivity index (χ3n) is 4.95. The standard InChI is InChI=1S/C26H29N3O2S/c1-4-7-8-10-19-15-23(32-17-19)26-28-22(6-3)21(9-5-2)25(29-26)27-20-13-11-18(12-14-20)16-24(30)31/h5,8,10-15,17H,2,4,6-7,9,16H2,1,3H3,(H,30,31)(H,27,28,29). The first-order valence-corrected chi connectivity index (χ1v) is 11.8. The van der Waals surface area contributed by atoms with Gasteiger partial charge in [-0.05, 0) is 54.0 Å². The van der Waals surface area contributed by atoms with Crippen molar-refractivity contribution in [2.75, 3.05) is 5.32 Å². The molecule has 32 heavy (non-hydrogen) atoms. The van der Waals surface area contributed by atoms with E-state index in [9.17, 15) is 4.79 Å². The minimum atomic E-state index is -0.841. The number of carboxylic acids is 1. The zero-order valence-electron chi connectivity index (χ0n) is 18.6. The maximum atomic E-state index is 10.9. The van der Waals surface area contributed by atoms with Crippen LogP contribution in [0.4, 0.5) is 11.5 Å². The second-order valence-electron chi connectivity index (χ2n) is 7.50. The van der Waals surface area contributed by atoms with E-state index in [0.29, 0.717) is 12.2 Å². The Morgan fingerprint density at radius 2 is 2.00 bits per heavy atom. The highest BCUT2D eigenvalue weighted by Crippen LogP contribution is 2.30. The van der Waals surface area contributed by atoms with Crippen LogP contribution in [0.15, 0.2) is 54.4 Å². The van der Waals surface area contributed by atoms with E-state index in [1.54, 1.807) is 11.3 Å². The summed E-state index contributed by atoms with van der Waals surface area (Å²) >= 11 is 1.64. The Kier molecular flexibility index (Phi) is 8.34. The zero-order chi connectivity index (χ0) is 22.9. The lowest BCUT2D eigenvalue weighted by molar-refractivity contribution is -0.136. The predicted molar refractivity (Wildman–Crippen MR) is 134 cm³/mol. The van der Waals surface area contributed by atoms with Crippen molar-refractivity contribution in [3.63, 3.8) is 0 Å². The Bertz CT molecular complexity index is 1100. The number of nitrogens with zero attached hydrogens (tertiary/aromatic N) is 2. The van der Waals surface area contributed by atoms with Crippen molar-refractivity contribution >= 4 is 34.9 Å². The van der Waals surface area contributed by atoms with E-state index < -0.39 is 5.97 Å². The first-order chi connectivity index (χ1) is 15.5. The van der Waals surface area contributed by atoms with Crippen molar-refractivity contribution in [3.8, 4) is 10.7 Å². The van der Waals surface area contributed by atoms with Gasteiger partial charge in [0.2, 0.25) is 0 Å². The molecule has 0 saturated carbocycles. The second-order valence-corrected chi connectivity index (χ2v) is 8.41. The van der Waals surface area contributed by atoms with Crippen molar-refractivity contribution < 1.29 is 9.90 Å². The van der Waals surface area contributed by atoms with E-state index in [-0.39, 0.29) is 6.42 Å². The summed E-state index contributed by atoms with van der Waals surface area (Å²) in [6.45, 7) is 8.16. The molecule has 0 amide bonds. The molecule has 6 heteroatoms. The Morgan fingerprint density at radius 1 is 1.22 bits per heavy atom. The summed E-state index contributed by atoms with van der Waals surface area (Å²) in [5.74, 6) is 0.626. The van der Waals surface area contributed by atoms with Crippen LogP contribution in [0.3, 0.4) is 0 Å². The van der Waals surface area contributed by atoms with E-state index in [2.05, 4.69) is 49.3 Å². The number of aliphatic carboxylic acids is 1. The van der Waals surface area contributed by atoms with E-state index in [1.807, 2.05) is 30.3 Å². The molecule has 2 N–H and O–H groups in total. The number of carboxylic acid groups (broad SMARTS) is 1. The molecule has 166 valence electrons. The van der Waals surface area contributed by atoms with Crippen LogP contribution in [0.2, 0.25) is 0 Å². The highest BCUT2D eigenvalue weighted by atomic mass is 32.1. The largest absolute Gasteiger partial charge is 0.481 e. The molecule has 0 aliphatic carbocycles. The Labute approximate surface area is 193 Å². The Hall–Kier alpha value is -3.25. The molecule has 0 unspecified atom stereocenters. The molecule has 2 aromatic heterocycles. The van der Waals surface area contributed by atoms with Crippen molar-refractivity contribution in [2.45, 2.75) is 46.0 Å². The number of hydrogen-bond donors (Lipinski definition) is 2. The van der Waals surface area contributed by atoms with Crippen molar-refractivity contribution in [3.05, 3.63) is 76.8 Å². The van der Waals surface area contributed by atoms with Gasteiger partial charge in [-0.25, -0.2) is 9.97 Å². The SMILES string of the molecule is C=CCc1c(CC)nc(-c2cc(C=CCCC)cs2)nc1Nc1ccc(CC(=O)O)cc1. The number of benzene rings is 1. The number of carbonyl (C=O) groups is 1. The van der Waals surface area contributed by atoms with Crippen LogP contribution in [0.5, 0.6) is 0 Å². The summed E-state index contributed by atoms with van der Waals surface area (Å²) in [6.07, 6.45) is 9.86. The Morgan fingerprint density at radius 3 is 2.66 bits per heavy atom. The van der Waals surface area contributed by atoms with Gasteiger partial charge < -0.3 is 10.4 Å². The quantitative estimate of drug-likeness (QED) is 0.321. The van der Waals surface area contributed by atoms with Crippen molar-refractivity contribution in [1.82, 2.24) is 9.97 Å². The molecule has 0 atom stereocenters. The molecule has 3 aromatic rings. The third kappa shape index (κ3) is 6.14. The van der Waals surface area contributed by atoms with E-state index in [0.717, 1.165) is 52.5 Å². The van der Waals surface area contributed by atoms with Gasteiger partial charge in [0.25, 0.3) is 0 Å². The fraction of sp³-hybridized carbons (Fsp3) is 0.269. The average molecular weight is 448 g/mol. The monoisotopic (exact) mass is 447 g/mol. The number of thiophene rings is 1. The van der Waals surface area contributed by atoms with Crippen molar-refractivity contribution in [1.29, 1.82) is 0 Å². The zero-order valence-corrected chi connectivity index (χ0v) is 19.4. The fourth-order valence-electron chi connectivity index (χ4n) is 3.35. The molecular formula is C26H29N3O2S. The van der Waals surface area contributed by atoms with Crippen molar-refractivity contribution in [2.24, 2.45) is 0 Å². The third-order valence-corrected chi connectivity index (χ3v) is 5.90. The number of anilines is 2. The number of rotatable bonds is 11. The number of allylic oxidation sites excluding steroid dienone is 2. The molecule has 0 radical (unpaired) electrons. The summed E-state index contributed by atoms with van der Waals surface area (Å²) in [7, 11) is 0. The molecule has 3 rings (SSSR count). The number of nitrogens with one attached hydrogen (secondary N) is 1. The Balaban J connectivity index is 1.95. The number of aryl methyl sites for hydroxylation is 1. The highest BCUT2D eigenvalue weighted by molar-refractivity contribution is 7.13. The molecule has 2 heterocycles. The summed E-state index contributed by atoms with van der Waals surface area (Å²) in [6, 6.07) is 9.53. The lowest BCUT2D eigenvalue weighted by atomic mass is 10.1. The van der Waals surface area contributed by atoms with Crippen LogP contribution in [0.1, 0.15) is 49.1 Å². The van der Waals surface area contributed by atoms with Crippen LogP contribution in [-0.2, 0) is 24.1 Å². The van der Waals surface area contributed by atoms with Crippen LogP contribution in [0, 0.1) is 0 Å². The lowest BCUT2D eigenvalue weighted by Gasteiger charge is -2.15. The van der Waals surface area contributed by atoms with Gasteiger partial charge in [-0.3, -0.25) is 4.79 Å². The van der Waals surface area contributed by atoms with Gasteiger partial charge in [0, 0.05) is 16.9 Å². The lowest BCUT2D eigenvalue weighted by Crippen LogP contribution is -2.07.